The van der Waals surface area contributed by atoms with E-state index in [0.29, 0.717) is 13.0 Å². The molecule has 0 saturated heterocycles. The quantitative estimate of drug-likeness (QED) is 0.710. The molecule has 1 heterocycles. The van der Waals surface area contributed by atoms with Crippen LogP contribution in [0.4, 0.5) is 0 Å². The summed E-state index contributed by atoms with van der Waals surface area (Å²) in [4.78, 5) is 14.1. The molecule has 1 aromatic heterocycles. The Morgan fingerprint density at radius 1 is 1.42 bits per heavy atom. The van der Waals surface area contributed by atoms with Crippen molar-refractivity contribution in [1.29, 1.82) is 0 Å². The van der Waals surface area contributed by atoms with Gasteiger partial charge in [0.2, 0.25) is 0 Å². The highest BCUT2D eigenvalue weighted by Gasteiger charge is 2.25. The molecule has 1 unspecified atom stereocenters. The van der Waals surface area contributed by atoms with Crippen molar-refractivity contribution in [2.24, 2.45) is 7.05 Å². The van der Waals surface area contributed by atoms with E-state index in [9.17, 15) is 4.79 Å². The van der Waals surface area contributed by atoms with Crippen LogP contribution in [0.15, 0.2) is 6.20 Å². The number of esters is 1. The third-order valence-electron chi connectivity index (χ3n) is 3.55. The topological polar surface area (TPSA) is 47.4 Å². The normalized spacial score (nSPS) is 12.7. The van der Waals surface area contributed by atoms with Gasteiger partial charge >= 0.3 is 5.97 Å². The van der Waals surface area contributed by atoms with Crippen molar-refractivity contribution in [3.63, 3.8) is 0 Å². The minimum absolute atomic E-state index is 0.0442. The summed E-state index contributed by atoms with van der Waals surface area (Å²) in [6.45, 7) is 10.3. The van der Waals surface area contributed by atoms with Crippen LogP contribution in [0.1, 0.15) is 44.5 Å². The van der Waals surface area contributed by atoms with E-state index >= 15 is 0 Å². The Balaban J connectivity index is 2.98. The van der Waals surface area contributed by atoms with Crippen molar-refractivity contribution in [3.05, 3.63) is 17.5 Å². The number of rotatable bonds is 7. The van der Waals surface area contributed by atoms with E-state index in [4.69, 9.17) is 4.74 Å². The molecule has 0 aliphatic rings. The maximum Gasteiger partial charge on any atom is 0.307 e. The first kappa shape index (κ1) is 15.7. The first-order valence-corrected chi connectivity index (χ1v) is 6.93. The molecule has 19 heavy (non-hydrogen) atoms. The Kier molecular flexibility index (Phi) is 6.02. The molecule has 0 aromatic carbocycles. The molecular formula is C14H25N3O2. The molecule has 0 saturated carbocycles. The zero-order valence-corrected chi connectivity index (χ0v) is 12.6. The fourth-order valence-corrected chi connectivity index (χ4v) is 2.32. The molecule has 0 aliphatic carbocycles. The lowest BCUT2D eigenvalue weighted by molar-refractivity contribution is -0.144. The van der Waals surface area contributed by atoms with Crippen LogP contribution in [-0.2, 0) is 16.6 Å². The van der Waals surface area contributed by atoms with Crippen molar-refractivity contribution < 1.29 is 9.53 Å². The van der Waals surface area contributed by atoms with Crippen LogP contribution in [0.25, 0.3) is 0 Å². The largest absolute Gasteiger partial charge is 0.466 e. The van der Waals surface area contributed by atoms with E-state index in [1.807, 2.05) is 31.8 Å². The van der Waals surface area contributed by atoms with Gasteiger partial charge in [0, 0.05) is 24.3 Å². The van der Waals surface area contributed by atoms with E-state index in [0.717, 1.165) is 24.3 Å². The number of carbonyl (C=O) groups excluding carboxylic acids is 1. The number of hydrogen-bond acceptors (Lipinski definition) is 4. The first-order valence-electron chi connectivity index (χ1n) is 6.93. The molecule has 1 aromatic rings. The molecule has 5 nitrogen and oxygen atoms in total. The maximum atomic E-state index is 11.8. The van der Waals surface area contributed by atoms with Crippen LogP contribution in [0, 0.1) is 6.92 Å². The number of aryl methyl sites for hydroxylation is 1. The fourth-order valence-electron chi connectivity index (χ4n) is 2.32. The van der Waals surface area contributed by atoms with Crippen LogP contribution in [0.2, 0.25) is 0 Å². The molecular weight excluding hydrogens is 242 g/mol. The Bertz CT molecular complexity index is 411. The van der Waals surface area contributed by atoms with E-state index in [-0.39, 0.29) is 12.0 Å². The molecule has 108 valence electrons. The van der Waals surface area contributed by atoms with Crippen LogP contribution in [0.5, 0.6) is 0 Å². The van der Waals surface area contributed by atoms with E-state index < -0.39 is 0 Å². The average Bonchev–Trinajstić information content (AvgIpc) is 2.70. The lowest BCUT2D eigenvalue weighted by Crippen LogP contribution is -2.31. The molecule has 0 N–H and O–H groups in total. The SMILES string of the molecule is CCOC(=O)CC(c1cnn(C)c1C)N(CC)CC. The second-order valence-corrected chi connectivity index (χ2v) is 4.56. The van der Waals surface area contributed by atoms with Gasteiger partial charge in [0.1, 0.15) is 0 Å². The van der Waals surface area contributed by atoms with E-state index in [1.54, 1.807) is 0 Å². The van der Waals surface area contributed by atoms with Gasteiger partial charge in [-0.2, -0.15) is 5.10 Å². The van der Waals surface area contributed by atoms with Gasteiger partial charge in [-0.15, -0.1) is 0 Å². The fraction of sp³-hybridized carbons (Fsp3) is 0.714. The smallest absolute Gasteiger partial charge is 0.307 e. The Hall–Kier alpha value is -1.36. The zero-order valence-electron chi connectivity index (χ0n) is 12.6. The van der Waals surface area contributed by atoms with Gasteiger partial charge in [-0.05, 0) is 26.9 Å². The Morgan fingerprint density at radius 2 is 2.05 bits per heavy atom. The maximum absolute atomic E-state index is 11.8. The molecule has 0 amide bonds. The molecule has 0 spiro atoms. The highest BCUT2D eigenvalue weighted by molar-refractivity contribution is 5.70. The third-order valence-corrected chi connectivity index (χ3v) is 3.55. The number of ether oxygens (including phenoxy) is 1. The highest BCUT2D eigenvalue weighted by atomic mass is 16.5. The van der Waals surface area contributed by atoms with Crippen LogP contribution in [0.3, 0.4) is 0 Å². The summed E-state index contributed by atoms with van der Waals surface area (Å²) >= 11 is 0. The van der Waals surface area contributed by atoms with Crippen molar-refractivity contribution in [3.8, 4) is 0 Å². The number of aromatic nitrogens is 2. The van der Waals surface area contributed by atoms with Gasteiger partial charge in [0.15, 0.2) is 0 Å². The number of hydrogen-bond donors (Lipinski definition) is 0. The minimum atomic E-state index is -0.150. The highest BCUT2D eigenvalue weighted by Crippen LogP contribution is 2.26. The Labute approximate surface area is 115 Å². The van der Waals surface area contributed by atoms with Crippen molar-refractivity contribution in [2.75, 3.05) is 19.7 Å². The molecule has 5 heteroatoms. The van der Waals surface area contributed by atoms with E-state index in [1.165, 1.54) is 0 Å². The van der Waals surface area contributed by atoms with Gasteiger partial charge in [-0.1, -0.05) is 13.8 Å². The second-order valence-electron chi connectivity index (χ2n) is 4.56. The third kappa shape index (κ3) is 3.80. The van der Waals surface area contributed by atoms with Crippen molar-refractivity contribution >= 4 is 5.97 Å². The molecule has 0 fully saturated rings. The summed E-state index contributed by atoms with van der Waals surface area (Å²) in [5.74, 6) is -0.150. The Morgan fingerprint density at radius 3 is 2.47 bits per heavy atom. The van der Waals surface area contributed by atoms with Crippen LogP contribution >= 0.6 is 0 Å². The summed E-state index contributed by atoms with van der Waals surface area (Å²) in [5.41, 5.74) is 2.21. The summed E-state index contributed by atoms with van der Waals surface area (Å²) in [7, 11) is 1.92. The molecule has 0 radical (unpaired) electrons. The van der Waals surface area contributed by atoms with Crippen molar-refractivity contribution in [1.82, 2.24) is 14.7 Å². The second kappa shape index (κ2) is 7.28. The van der Waals surface area contributed by atoms with Gasteiger partial charge in [0.05, 0.1) is 19.2 Å². The molecule has 0 aliphatic heterocycles. The monoisotopic (exact) mass is 267 g/mol. The first-order chi connectivity index (χ1) is 9.04. The van der Waals surface area contributed by atoms with Gasteiger partial charge in [0.25, 0.3) is 0 Å². The lowest BCUT2D eigenvalue weighted by atomic mass is 10.0. The molecule has 0 bridgehead atoms. The molecule has 1 rings (SSSR count). The molecule has 1 atom stereocenters. The standard InChI is InChI=1S/C14H25N3O2/c1-6-17(7-2)13(9-14(18)19-8-3)12-10-15-16(5)11(12)4/h10,13H,6-9H2,1-5H3. The summed E-state index contributed by atoms with van der Waals surface area (Å²) in [6, 6.07) is 0.0442. The van der Waals surface area contributed by atoms with E-state index in [2.05, 4.69) is 23.8 Å². The van der Waals surface area contributed by atoms with Crippen LogP contribution < -0.4 is 0 Å². The predicted molar refractivity (Wildman–Crippen MR) is 74.9 cm³/mol. The van der Waals surface area contributed by atoms with Gasteiger partial charge in [-0.3, -0.25) is 14.4 Å². The summed E-state index contributed by atoms with van der Waals surface area (Å²) < 4.78 is 6.93. The lowest BCUT2D eigenvalue weighted by Gasteiger charge is -2.29. The predicted octanol–water partition coefficient (Wildman–Crippen LogP) is 2.06. The average molecular weight is 267 g/mol. The van der Waals surface area contributed by atoms with Crippen LogP contribution in [-0.4, -0.2) is 40.3 Å². The van der Waals surface area contributed by atoms with Gasteiger partial charge < -0.3 is 4.74 Å². The summed E-state index contributed by atoms with van der Waals surface area (Å²) in [6.07, 6.45) is 2.24. The number of carbonyl (C=O) groups is 1. The minimum Gasteiger partial charge on any atom is -0.466 e. The zero-order chi connectivity index (χ0) is 14.4. The summed E-state index contributed by atoms with van der Waals surface area (Å²) in [5, 5.41) is 4.28. The number of nitrogens with zero attached hydrogens (tertiary/aromatic N) is 3. The van der Waals surface area contributed by atoms with Crippen molar-refractivity contribution in [2.45, 2.75) is 40.2 Å². The van der Waals surface area contributed by atoms with Gasteiger partial charge in [-0.25, -0.2) is 0 Å².